The van der Waals surface area contributed by atoms with Crippen LogP contribution in [0.25, 0.3) is 0 Å². The number of rotatable bonds is 10. The summed E-state index contributed by atoms with van der Waals surface area (Å²) in [6, 6.07) is 5.57. The van der Waals surface area contributed by atoms with Crippen molar-refractivity contribution in [2.75, 3.05) is 19.5 Å². The molecule has 2 saturated carbocycles. The summed E-state index contributed by atoms with van der Waals surface area (Å²) < 4.78 is 13.3. The number of benzene rings is 1. The first-order valence-electron chi connectivity index (χ1n) is 9.64. The zero-order chi connectivity index (χ0) is 19.7. The Morgan fingerprint density at radius 2 is 2.07 bits per heavy atom. The normalized spacial score (nSPS) is 17.4. The van der Waals surface area contributed by atoms with E-state index in [0.29, 0.717) is 34.8 Å². The predicted octanol–water partition coefficient (Wildman–Crippen LogP) is 3.23. The van der Waals surface area contributed by atoms with E-state index in [2.05, 4.69) is 14.8 Å². The molecule has 1 aromatic carbocycles. The van der Waals surface area contributed by atoms with Crippen molar-refractivity contribution < 1.29 is 19.4 Å². The van der Waals surface area contributed by atoms with Crippen molar-refractivity contribution in [3.8, 4) is 11.5 Å². The molecule has 1 heterocycles. The number of carbonyl (C=O) groups excluding carboxylic acids is 1. The fourth-order valence-electron chi connectivity index (χ4n) is 3.09. The molecule has 0 bridgehead atoms. The van der Waals surface area contributed by atoms with Crippen molar-refractivity contribution in [1.82, 2.24) is 14.8 Å². The molecule has 150 valence electrons. The van der Waals surface area contributed by atoms with Gasteiger partial charge in [-0.15, -0.1) is 10.2 Å². The van der Waals surface area contributed by atoms with Crippen LogP contribution in [0.2, 0.25) is 0 Å². The summed E-state index contributed by atoms with van der Waals surface area (Å²) in [7, 11) is 1.53. The molecule has 0 amide bonds. The van der Waals surface area contributed by atoms with Crippen molar-refractivity contribution in [2.24, 2.45) is 0 Å². The molecule has 0 aliphatic heterocycles. The predicted molar refractivity (Wildman–Crippen MR) is 105 cm³/mol. The Balaban J connectivity index is 1.33. The molecule has 7 nitrogen and oxygen atoms in total. The molecule has 2 aliphatic rings. The smallest absolute Gasteiger partial charge is 0.191 e. The Hall–Kier alpha value is -2.06. The second-order valence-electron chi connectivity index (χ2n) is 7.41. The fraction of sp³-hybridized carbons (Fsp3) is 0.550. The van der Waals surface area contributed by atoms with Crippen LogP contribution < -0.4 is 9.47 Å². The number of methoxy groups -OCH3 is 1. The third-order valence-electron chi connectivity index (χ3n) is 4.95. The molecule has 0 saturated heterocycles. The van der Waals surface area contributed by atoms with E-state index in [1.807, 2.05) is 0 Å². The van der Waals surface area contributed by atoms with Crippen LogP contribution in [0.1, 0.15) is 60.7 Å². The number of Topliss-reactive ketones (excluding diaryl/α,β-unsaturated/α-hetero) is 1. The SMILES string of the molecule is COc1cc(C(C)=O)ccc1OCC(O)CSc1nnc(C2CC2)n1C1CC1. The molecule has 4 rings (SSSR count). The largest absolute Gasteiger partial charge is 0.493 e. The van der Waals surface area contributed by atoms with Crippen LogP contribution in [-0.2, 0) is 0 Å². The molecule has 1 unspecified atom stereocenters. The number of thioether (sulfide) groups is 1. The van der Waals surface area contributed by atoms with Gasteiger partial charge in [-0.25, -0.2) is 0 Å². The molecular weight excluding hydrogens is 378 g/mol. The first-order valence-corrected chi connectivity index (χ1v) is 10.6. The maximum Gasteiger partial charge on any atom is 0.191 e. The lowest BCUT2D eigenvalue weighted by atomic mass is 10.1. The van der Waals surface area contributed by atoms with E-state index >= 15 is 0 Å². The Bertz CT molecular complexity index is 861. The number of ether oxygens (including phenoxy) is 2. The highest BCUT2D eigenvalue weighted by atomic mass is 32.2. The topological polar surface area (TPSA) is 86.5 Å². The van der Waals surface area contributed by atoms with E-state index in [1.54, 1.807) is 18.2 Å². The van der Waals surface area contributed by atoms with Crippen molar-refractivity contribution in [3.05, 3.63) is 29.6 Å². The van der Waals surface area contributed by atoms with Gasteiger partial charge in [0.05, 0.1) is 13.2 Å². The van der Waals surface area contributed by atoms with Gasteiger partial charge in [0.1, 0.15) is 12.4 Å². The zero-order valence-corrected chi connectivity index (χ0v) is 16.9. The maximum absolute atomic E-state index is 11.5. The fourth-order valence-corrected chi connectivity index (χ4v) is 4.01. The number of aliphatic hydroxyl groups excluding tert-OH is 1. The molecule has 1 atom stereocenters. The number of nitrogens with zero attached hydrogens (tertiary/aromatic N) is 3. The number of aliphatic hydroxyl groups is 1. The van der Waals surface area contributed by atoms with Crippen LogP contribution in [0.5, 0.6) is 11.5 Å². The first-order chi connectivity index (χ1) is 13.6. The summed E-state index contributed by atoms with van der Waals surface area (Å²) in [5.74, 6) is 3.12. The Labute approximate surface area is 168 Å². The van der Waals surface area contributed by atoms with Gasteiger partial charge in [0.25, 0.3) is 0 Å². The van der Waals surface area contributed by atoms with Crippen LogP contribution in [0.3, 0.4) is 0 Å². The zero-order valence-electron chi connectivity index (χ0n) is 16.1. The summed E-state index contributed by atoms with van der Waals surface area (Å²) in [5, 5.41) is 20.0. The highest BCUT2D eigenvalue weighted by molar-refractivity contribution is 7.99. The van der Waals surface area contributed by atoms with Gasteiger partial charge in [-0.2, -0.15) is 0 Å². The summed E-state index contributed by atoms with van der Waals surface area (Å²) in [6.45, 7) is 1.64. The monoisotopic (exact) mass is 403 g/mol. The molecule has 2 fully saturated rings. The summed E-state index contributed by atoms with van der Waals surface area (Å²) in [6.07, 6.45) is 4.13. The molecule has 8 heteroatoms. The standard InChI is InChI=1S/C20H25N3O4S/c1-12(24)14-5-8-17(18(9-14)26-2)27-10-16(25)11-28-20-22-21-19(13-3-4-13)23(20)15-6-7-15/h5,8-9,13,15-16,25H,3-4,6-7,10-11H2,1-2H3. The molecule has 2 aliphatic carbocycles. The van der Waals surface area contributed by atoms with Crippen LogP contribution >= 0.6 is 11.8 Å². The second kappa shape index (κ2) is 8.13. The van der Waals surface area contributed by atoms with Gasteiger partial charge in [0.2, 0.25) is 0 Å². The van der Waals surface area contributed by atoms with Gasteiger partial charge >= 0.3 is 0 Å². The minimum Gasteiger partial charge on any atom is -0.493 e. The molecule has 28 heavy (non-hydrogen) atoms. The van der Waals surface area contributed by atoms with Gasteiger partial charge in [0.15, 0.2) is 22.4 Å². The first kappa shape index (κ1) is 19.3. The maximum atomic E-state index is 11.5. The van der Waals surface area contributed by atoms with E-state index in [4.69, 9.17) is 9.47 Å². The summed E-state index contributed by atoms with van der Waals surface area (Å²) >= 11 is 1.52. The Kier molecular flexibility index (Phi) is 5.59. The lowest BCUT2D eigenvalue weighted by Gasteiger charge is -2.15. The summed E-state index contributed by atoms with van der Waals surface area (Å²) in [4.78, 5) is 11.5. The average molecular weight is 404 g/mol. The minimum absolute atomic E-state index is 0.0355. The lowest BCUT2D eigenvalue weighted by molar-refractivity contribution is 0.101. The number of hydrogen-bond acceptors (Lipinski definition) is 7. The van der Waals surface area contributed by atoms with Crippen molar-refractivity contribution in [1.29, 1.82) is 0 Å². The van der Waals surface area contributed by atoms with Crippen molar-refractivity contribution >= 4 is 17.5 Å². The van der Waals surface area contributed by atoms with Gasteiger partial charge < -0.3 is 19.1 Å². The van der Waals surface area contributed by atoms with E-state index in [-0.39, 0.29) is 12.4 Å². The van der Waals surface area contributed by atoms with Crippen molar-refractivity contribution in [3.63, 3.8) is 0 Å². The number of hydrogen-bond donors (Lipinski definition) is 1. The third-order valence-corrected chi connectivity index (χ3v) is 6.04. The quantitative estimate of drug-likeness (QED) is 0.481. The molecular formula is C20H25N3O4S. The highest BCUT2D eigenvalue weighted by Crippen LogP contribution is 2.46. The van der Waals surface area contributed by atoms with Crippen LogP contribution in [0.15, 0.2) is 23.4 Å². The van der Waals surface area contributed by atoms with Gasteiger partial charge in [-0.1, -0.05) is 11.8 Å². The third kappa shape index (κ3) is 4.33. The van der Waals surface area contributed by atoms with Crippen molar-refractivity contribution in [2.45, 2.75) is 55.8 Å². The molecule has 1 aromatic heterocycles. The lowest BCUT2D eigenvalue weighted by Crippen LogP contribution is -2.20. The average Bonchev–Trinajstić information content (AvgIpc) is 3.63. The van der Waals surface area contributed by atoms with E-state index in [0.717, 1.165) is 11.0 Å². The number of ketones is 1. The number of aromatic nitrogens is 3. The Morgan fingerprint density at radius 3 is 2.71 bits per heavy atom. The minimum atomic E-state index is -0.657. The van der Waals surface area contributed by atoms with E-state index < -0.39 is 6.10 Å². The van der Waals surface area contributed by atoms with Gasteiger partial charge in [0, 0.05) is 23.3 Å². The van der Waals surface area contributed by atoms with Crippen LogP contribution in [-0.4, -0.2) is 51.2 Å². The highest BCUT2D eigenvalue weighted by Gasteiger charge is 2.36. The molecule has 0 spiro atoms. The summed E-state index contributed by atoms with van der Waals surface area (Å²) in [5.41, 5.74) is 0.561. The molecule has 0 radical (unpaired) electrons. The van der Waals surface area contributed by atoms with Crippen LogP contribution in [0, 0.1) is 0 Å². The van der Waals surface area contributed by atoms with E-state index in [9.17, 15) is 9.90 Å². The van der Waals surface area contributed by atoms with Gasteiger partial charge in [-0.05, 0) is 50.8 Å². The van der Waals surface area contributed by atoms with Gasteiger partial charge in [-0.3, -0.25) is 4.79 Å². The molecule has 2 aromatic rings. The Morgan fingerprint density at radius 1 is 1.29 bits per heavy atom. The molecule has 1 N–H and O–H groups in total. The number of carbonyl (C=O) groups is 1. The second-order valence-corrected chi connectivity index (χ2v) is 8.40. The van der Waals surface area contributed by atoms with E-state index in [1.165, 1.54) is 51.5 Å². The van der Waals surface area contributed by atoms with Crippen LogP contribution in [0.4, 0.5) is 0 Å².